The van der Waals surface area contributed by atoms with Crippen molar-refractivity contribution < 1.29 is 13.2 Å². The van der Waals surface area contributed by atoms with Crippen LogP contribution < -0.4 is 9.62 Å². The van der Waals surface area contributed by atoms with Gasteiger partial charge in [0, 0.05) is 13.0 Å². The average molecular weight is 403 g/mol. The minimum Gasteiger partial charge on any atom is -0.350 e. The lowest BCUT2D eigenvalue weighted by molar-refractivity contribution is -0.121. The summed E-state index contributed by atoms with van der Waals surface area (Å²) in [4.78, 5) is 12.4. The monoisotopic (exact) mass is 402 g/mol. The SMILES string of the molecule is Cc1ccc(C)c([C@H](C)NC(=O)CCCN(c2ccccc2C)S(C)(=O)=O)c1. The summed E-state index contributed by atoms with van der Waals surface area (Å²) in [6, 6.07) is 13.5. The Labute approximate surface area is 168 Å². The maximum atomic E-state index is 12.4. The summed E-state index contributed by atoms with van der Waals surface area (Å²) < 4.78 is 25.8. The number of sulfonamides is 1. The van der Waals surface area contributed by atoms with Crippen LogP contribution in [-0.4, -0.2) is 27.1 Å². The van der Waals surface area contributed by atoms with E-state index in [9.17, 15) is 13.2 Å². The van der Waals surface area contributed by atoms with Gasteiger partial charge in [-0.05, 0) is 56.9 Å². The Kier molecular flexibility index (Phi) is 7.24. The van der Waals surface area contributed by atoms with Crippen molar-refractivity contribution in [2.75, 3.05) is 17.1 Å². The summed E-state index contributed by atoms with van der Waals surface area (Å²) in [5.74, 6) is -0.0772. The van der Waals surface area contributed by atoms with Gasteiger partial charge in [0.2, 0.25) is 15.9 Å². The fourth-order valence-electron chi connectivity index (χ4n) is 3.31. The van der Waals surface area contributed by atoms with E-state index in [0.29, 0.717) is 12.1 Å². The second-order valence-corrected chi connectivity index (χ2v) is 9.28. The number of carbonyl (C=O) groups excluding carboxylic acids is 1. The number of aryl methyl sites for hydroxylation is 3. The van der Waals surface area contributed by atoms with E-state index >= 15 is 0 Å². The Morgan fingerprint density at radius 2 is 1.75 bits per heavy atom. The molecule has 0 heterocycles. The van der Waals surface area contributed by atoms with Crippen LogP contribution >= 0.6 is 0 Å². The van der Waals surface area contributed by atoms with Crippen molar-refractivity contribution in [1.29, 1.82) is 0 Å². The number of para-hydroxylation sites is 1. The molecule has 0 aliphatic rings. The van der Waals surface area contributed by atoms with Gasteiger partial charge >= 0.3 is 0 Å². The molecule has 0 saturated carbocycles. The van der Waals surface area contributed by atoms with Gasteiger partial charge in [-0.2, -0.15) is 0 Å². The van der Waals surface area contributed by atoms with Crippen LogP contribution in [0.2, 0.25) is 0 Å². The maximum absolute atomic E-state index is 12.4. The van der Waals surface area contributed by atoms with Gasteiger partial charge in [0.05, 0.1) is 18.0 Å². The molecule has 1 amide bonds. The van der Waals surface area contributed by atoms with Crippen LogP contribution in [0.3, 0.4) is 0 Å². The lowest BCUT2D eigenvalue weighted by atomic mass is 10.00. The molecular weight excluding hydrogens is 372 g/mol. The molecule has 0 bridgehead atoms. The zero-order chi connectivity index (χ0) is 20.9. The van der Waals surface area contributed by atoms with Gasteiger partial charge in [-0.15, -0.1) is 0 Å². The number of hydrogen-bond donors (Lipinski definition) is 1. The summed E-state index contributed by atoms with van der Waals surface area (Å²) >= 11 is 0. The molecular formula is C22H30N2O3S. The molecule has 6 heteroatoms. The molecule has 5 nitrogen and oxygen atoms in total. The lowest BCUT2D eigenvalue weighted by Crippen LogP contribution is -2.33. The van der Waals surface area contributed by atoms with Crippen LogP contribution in [0.25, 0.3) is 0 Å². The molecule has 0 unspecified atom stereocenters. The number of carbonyl (C=O) groups is 1. The molecule has 0 radical (unpaired) electrons. The Bertz CT molecular complexity index is 939. The van der Waals surface area contributed by atoms with Crippen molar-refractivity contribution in [3.05, 3.63) is 64.7 Å². The number of anilines is 1. The lowest BCUT2D eigenvalue weighted by Gasteiger charge is -2.24. The summed E-state index contributed by atoms with van der Waals surface area (Å²) in [5.41, 5.74) is 4.95. The minimum absolute atomic E-state index is 0.0772. The normalized spacial score (nSPS) is 12.5. The van der Waals surface area contributed by atoms with Crippen molar-refractivity contribution in [2.24, 2.45) is 0 Å². The Morgan fingerprint density at radius 1 is 1.07 bits per heavy atom. The van der Waals surface area contributed by atoms with Gasteiger partial charge in [-0.1, -0.05) is 42.0 Å². The zero-order valence-corrected chi connectivity index (χ0v) is 18.1. The van der Waals surface area contributed by atoms with Gasteiger partial charge in [-0.25, -0.2) is 8.42 Å². The molecule has 28 heavy (non-hydrogen) atoms. The molecule has 0 saturated heterocycles. The molecule has 0 aliphatic heterocycles. The van der Waals surface area contributed by atoms with E-state index in [2.05, 4.69) is 23.5 Å². The van der Waals surface area contributed by atoms with Crippen molar-refractivity contribution in [3.8, 4) is 0 Å². The van der Waals surface area contributed by atoms with E-state index < -0.39 is 10.0 Å². The zero-order valence-electron chi connectivity index (χ0n) is 17.3. The smallest absolute Gasteiger partial charge is 0.232 e. The molecule has 0 spiro atoms. The average Bonchev–Trinajstić information content (AvgIpc) is 2.60. The van der Waals surface area contributed by atoms with E-state index in [-0.39, 0.29) is 24.9 Å². The topological polar surface area (TPSA) is 66.5 Å². The van der Waals surface area contributed by atoms with Crippen LogP contribution in [0, 0.1) is 20.8 Å². The van der Waals surface area contributed by atoms with Gasteiger partial charge in [-0.3, -0.25) is 9.10 Å². The molecule has 0 aliphatic carbocycles. The van der Waals surface area contributed by atoms with Gasteiger partial charge in [0.15, 0.2) is 0 Å². The first kappa shape index (κ1) is 22.0. The Balaban J connectivity index is 1.98. The molecule has 1 N–H and O–H groups in total. The maximum Gasteiger partial charge on any atom is 0.232 e. The highest BCUT2D eigenvalue weighted by atomic mass is 32.2. The molecule has 2 aromatic carbocycles. The van der Waals surface area contributed by atoms with E-state index in [1.54, 1.807) is 6.07 Å². The number of nitrogens with zero attached hydrogens (tertiary/aromatic N) is 1. The predicted molar refractivity (Wildman–Crippen MR) is 115 cm³/mol. The number of rotatable bonds is 8. The Morgan fingerprint density at radius 3 is 2.39 bits per heavy atom. The summed E-state index contributed by atoms with van der Waals surface area (Å²) in [6.07, 6.45) is 1.92. The molecule has 0 fully saturated rings. The van der Waals surface area contributed by atoms with Gasteiger partial charge < -0.3 is 5.32 Å². The van der Waals surface area contributed by atoms with E-state index in [4.69, 9.17) is 0 Å². The standard InChI is InChI=1S/C22H30N2O3S/c1-16-12-13-17(2)20(15-16)19(4)23-22(25)11-8-14-24(28(5,26)27)21-10-7-6-9-18(21)3/h6-7,9-10,12-13,15,19H,8,11,14H2,1-5H3,(H,23,25)/t19-/m0/s1. The third kappa shape index (κ3) is 5.83. The number of hydrogen-bond acceptors (Lipinski definition) is 3. The largest absolute Gasteiger partial charge is 0.350 e. The first-order valence-electron chi connectivity index (χ1n) is 9.49. The molecule has 2 aromatic rings. The van der Waals surface area contributed by atoms with Crippen molar-refractivity contribution in [2.45, 2.75) is 46.6 Å². The van der Waals surface area contributed by atoms with E-state index in [1.807, 2.05) is 45.9 Å². The highest BCUT2D eigenvalue weighted by molar-refractivity contribution is 7.92. The third-order valence-electron chi connectivity index (χ3n) is 4.83. The number of nitrogens with one attached hydrogen (secondary N) is 1. The third-order valence-corrected chi connectivity index (χ3v) is 6.01. The Hall–Kier alpha value is -2.34. The molecule has 1 atom stereocenters. The summed E-state index contributed by atoms with van der Waals surface area (Å²) in [7, 11) is -3.41. The van der Waals surface area contributed by atoms with E-state index in [0.717, 1.165) is 22.3 Å². The molecule has 152 valence electrons. The fraction of sp³-hybridized carbons (Fsp3) is 0.409. The van der Waals surface area contributed by atoms with Gasteiger partial charge in [0.1, 0.15) is 0 Å². The van der Waals surface area contributed by atoms with Crippen molar-refractivity contribution in [3.63, 3.8) is 0 Å². The quantitative estimate of drug-likeness (QED) is 0.725. The highest BCUT2D eigenvalue weighted by Gasteiger charge is 2.19. The predicted octanol–water partition coefficient (Wildman–Crippen LogP) is 4.04. The fourth-order valence-corrected chi connectivity index (χ4v) is 4.33. The van der Waals surface area contributed by atoms with Crippen LogP contribution in [0.5, 0.6) is 0 Å². The van der Waals surface area contributed by atoms with Crippen LogP contribution in [0.1, 0.15) is 48.1 Å². The molecule has 0 aromatic heterocycles. The molecule has 2 rings (SSSR count). The van der Waals surface area contributed by atoms with Crippen LogP contribution in [0.15, 0.2) is 42.5 Å². The van der Waals surface area contributed by atoms with E-state index in [1.165, 1.54) is 10.6 Å². The van der Waals surface area contributed by atoms with Crippen molar-refractivity contribution in [1.82, 2.24) is 5.32 Å². The summed E-state index contributed by atoms with van der Waals surface area (Å²) in [5, 5.41) is 3.02. The first-order chi connectivity index (χ1) is 13.1. The van der Waals surface area contributed by atoms with Gasteiger partial charge in [0.25, 0.3) is 0 Å². The van der Waals surface area contributed by atoms with Crippen LogP contribution in [0.4, 0.5) is 5.69 Å². The highest BCUT2D eigenvalue weighted by Crippen LogP contribution is 2.23. The minimum atomic E-state index is -3.41. The number of benzene rings is 2. The second-order valence-electron chi connectivity index (χ2n) is 7.37. The summed E-state index contributed by atoms with van der Waals surface area (Å²) in [6.45, 7) is 8.18. The van der Waals surface area contributed by atoms with Crippen LogP contribution in [-0.2, 0) is 14.8 Å². The van der Waals surface area contributed by atoms with Crippen molar-refractivity contribution >= 4 is 21.6 Å². The number of amides is 1. The second kappa shape index (κ2) is 9.24. The first-order valence-corrected chi connectivity index (χ1v) is 11.3.